The molecule has 0 saturated heterocycles. The predicted octanol–water partition coefficient (Wildman–Crippen LogP) is 16.1. The summed E-state index contributed by atoms with van der Waals surface area (Å²) in [5.41, 5.74) is 14.6. The molecular weight excluding hydrogens is 823 g/mol. The van der Waals surface area contributed by atoms with E-state index in [0.717, 1.165) is 49.7 Å². The first-order valence-corrected chi connectivity index (χ1v) is 23.3. The van der Waals surface area contributed by atoms with E-state index in [1.54, 1.807) is 0 Å². The fourth-order valence-corrected chi connectivity index (χ4v) is 12.7. The van der Waals surface area contributed by atoms with Gasteiger partial charge >= 0.3 is 0 Å². The third-order valence-corrected chi connectivity index (χ3v) is 15.5. The lowest BCUT2D eigenvalue weighted by atomic mass is 9.98. The standard InChI is InChI=1S/C60H33N5S/c1-2-12-38(13-3-1)63-46-18-10-19-47-54(46)55-48(63)31-32-49-56(55)57-50(30-28-43-40-15-6-8-17-45(40)64(47)59(43)57)65(49)60-61-44-29-26-35-11-4-5-14-39(35)53(44)58(62-60)36-23-21-34(22-24-36)37-25-27-42-41-16-7-9-20-51(41)66-52(42)33-37/h1-33H. The van der Waals surface area contributed by atoms with Crippen LogP contribution in [0, 0.1) is 0 Å². The van der Waals surface area contributed by atoms with Crippen LogP contribution >= 0.6 is 11.3 Å². The highest BCUT2D eigenvalue weighted by Crippen LogP contribution is 2.49. The van der Waals surface area contributed by atoms with Crippen molar-refractivity contribution in [1.29, 1.82) is 0 Å². The van der Waals surface area contributed by atoms with Crippen molar-refractivity contribution in [3.05, 3.63) is 200 Å². The quantitative estimate of drug-likeness (QED) is 0.165. The van der Waals surface area contributed by atoms with E-state index in [-0.39, 0.29) is 0 Å². The van der Waals surface area contributed by atoms with Gasteiger partial charge in [-0.3, -0.25) is 4.57 Å². The minimum Gasteiger partial charge on any atom is -0.309 e. The lowest BCUT2D eigenvalue weighted by Crippen LogP contribution is -2.04. The number of fused-ring (bicyclic) bond motifs is 10. The zero-order chi connectivity index (χ0) is 42.8. The Balaban J connectivity index is 0.996. The molecule has 10 aromatic carbocycles. The van der Waals surface area contributed by atoms with Crippen LogP contribution in [0.15, 0.2) is 200 Å². The largest absolute Gasteiger partial charge is 0.309 e. The van der Waals surface area contributed by atoms with Crippen molar-refractivity contribution in [3.8, 4) is 34.0 Å². The molecule has 6 heterocycles. The first kappa shape index (κ1) is 34.9. The highest BCUT2D eigenvalue weighted by Gasteiger charge is 2.28. The zero-order valence-electron chi connectivity index (χ0n) is 35.2. The van der Waals surface area contributed by atoms with E-state index in [1.807, 2.05) is 11.3 Å². The average Bonchev–Trinajstić information content (AvgIpc) is 4.10. The van der Waals surface area contributed by atoms with E-state index < -0.39 is 0 Å². The van der Waals surface area contributed by atoms with E-state index in [0.29, 0.717) is 5.95 Å². The molecule has 0 radical (unpaired) electrons. The average molecular weight is 856 g/mol. The van der Waals surface area contributed by atoms with Gasteiger partial charge in [0.15, 0.2) is 0 Å². The summed E-state index contributed by atoms with van der Waals surface area (Å²) in [6.45, 7) is 0. The molecule has 0 atom stereocenters. The first-order valence-electron chi connectivity index (χ1n) is 22.5. The lowest BCUT2D eigenvalue weighted by molar-refractivity contribution is 1.01. The van der Waals surface area contributed by atoms with E-state index in [1.165, 1.54) is 91.2 Å². The molecule has 0 N–H and O–H groups in total. The summed E-state index contributed by atoms with van der Waals surface area (Å²) < 4.78 is 9.91. The van der Waals surface area contributed by atoms with Crippen LogP contribution in [0.5, 0.6) is 0 Å². The fraction of sp³-hybridized carbons (Fsp3) is 0. The predicted molar refractivity (Wildman–Crippen MR) is 278 cm³/mol. The molecule has 0 aliphatic carbocycles. The van der Waals surface area contributed by atoms with Crippen LogP contribution < -0.4 is 0 Å². The summed E-state index contributed by atoms with van der Waals surface area (Å²) in [6, 6.07) is 73.2. The van der Waals surface area contributed by atoms with Crippen LogP contribution in [0.1, 0.15) is 0 Å². The van der Waals surface area contributed by atoms with Gasteiger partial charge in [0.1, 0.15) is 0 Å². The maximum Gasteiger partial charge on any atom is 0.235 e. The minimum atomic E-state index is 0.654. The molecule has 0 aliphatic heterocycles. The molecule has 0 unspecified atom stereocenters. The molecule has 66 heavy (non-hydrogen) atoms. The number of hydrogen-bond donors (Lipinski definition) is 0. The van der Waals surface area contributed by atoms with Crippen molar-refractivity contribution in [2.45, 2.75) is 0 Å². The van der Waals surface area contributed by atoms with E-state index in [4.69, 9.17) is 9.97 Å². The van der Waals surface area contributed by atoms with Gasteiger partial charge in [0.05, 0.1) is 49.8 Å². The smallest absolute Gasteiger partial charge is 0.235 e. The van der Waals surface area contributed by atoms with Crippen molar-refractivity contribution in [1.82, 2.24) is 23.5 Å². The third kappa shape index (κ3) is 4.43. The summed E-state index contributed by atoms with van der Waals surface area (Å²) in [5, 5.41) is 13.4. The number of benzene rings is 10. The van der Waals surface area contributed by atoms with Crippen molar-refractivity contribution in [3.63, 3.8) is 0 Å². The summed E-state index contributed by atoms with van der Waals surface area (Å²) in [5.74, 6) is 0.654. The highest BCUT2D eigenvalue weighted by atomic mass is 32.1. The second-order valence-electron chi connectivity index (χ2n) is 17.7. The molecule has 5 nitrogen and oxygen atoms in total. The van der Waals surface area contributed by atoms with Gasteiger partial charge in [-0.05, 0) is 88.6 Å². The lowest BCUT2D eigenvalue weighted by Gasteiger charge is -2.14. The number of aromatic nitrogens is 5. The molecule has 16 rings (SSSR count). The van der Waals surface area contributed by atoms with Crippen LogP contribution in [0.4, 0.5) is 0 Å². The van der Waals surface area contributed by atoms with Crippen LogP contribution in [-0.2, 0) is 0 Å². The SMILES string of the molecule is c1ccc(-n2c3ccc4c5c3c3c2cccc3n2c3ccccc3c3ccc(c5c32)n4-c2nc(-c3ccc(-c4ccc5c(c4)sc4ccccc45)cc3)c3c(ccc4ccccc43)n2)cc1. The highest BCUT2D eigenvalue weighted by molar-refractivity contribution is 7.25. The Bertz CT molecular complexity index is 4680. The molecule has 0 bridgehead atoms. The molecule has 0 amide bonds. The molecule has 6 heteroatoms. The molecule has 0 fully saturated rings. The Morgan fingerprint density at radius 2 is 0.985 bits per heavy atom. The van der Waals surface area contributed by atoms with Crippen molar-refractivity contribution < 1.29 is 0 Å². The Labute approximate surface area is 379 Å². The Kier molecular flexibility index (Phi) is 6.64. The van der Waals surface area contributed by atoms with Gasteiger partial charge in [-0.25, -0.2) is 9.97 Å². The fourth-order valence-electron chi connectivity index (χ4n) is 11.6. The van der Waals surface area contributed by atoms with Gasteiger partial charge in [-0.15, -0.1) is 11.3 Å². The van der Waals surface area contributed by atoms with E-state index in [9.17, 15) is 0 Å². The summed E-state index contributed by atoms with van der Waals surface area (Å²) in [7, 11) is 0. The topological polar surface area (TPSA) is 40.0 Å². The molecule has 6 aromatic heterocycles. The minimum absolute atomic E-state index is 0.654. The van der Waals surface area contributed by atoms with E-state index in [2.05, 4.69) is 214 Å². The normalized spacial score (nSPS) is 12.5. The second kappa shape index (κ2) is 12.6. The van der Waals surface area contributed by atoms with Crippen molar-refractivity contribution in [2.24, 2.45) is 0 Å². The Morgan fingerprint density at radius 1 is 0.348 bits per heavy atom. The maximum atomic E-state index is 5.70. The number of para-hydroxylation sites is 2. The Hall–Kier alpha value is -8.58. The van der Waals surface area contributed by atoms with Crippen LogP contribution in [-0.4, -0.2) is 23.5 Å². The van der Waals surface area contributed by atoms with Gasteiger partial charge in [-0.1, -0.05) is 133 Å². The molecule has 16 aromatic rings. The summed E-state index contributed by atoms with van der Waals surface area (Å²) in [4.78, 5) is 11.2. The van der Waals surface area contributed by atoms with Gasteiger partial charge in [0.25, 0.3) is 0 Å². The number of thiophene rings is 1. The van der Waals surface area contributed by atoms with E-state index >= 15 is 0 Å². The maximum absolute atomic E-state index is 5.70. The number of nitrogens with zero attached hydrogens (tertiary/aromatic N) is 5. The number of hydrogen-bond acceptors (Lipinski definition) is 3. The summed E-state index contributed by atoms with van der Waals surface area (Å²) >= 11 is 1.86. The Morgan fingerprint density at radius 3 is 1.88 bits per heavy atom. The van der Waals surface area contributed by atoms with Crippen LogP contribution in [0.25, 0.3) is 147 Å². The third-order valence-electron chi connectivity index (χ3n) is 14.4. The van der Waals surface area contributed by atoms with Crippen molar-refractivity contribution in [2.75, 3.05) is 0 Å². The van der Waals surface area contributed by atoms with Gasteiger partial charge in [0.2, 0.25) is 5.95 Å². The van der Waals surface area contributed by atoms with Crippen molar-refractivity contribution >= 4 is 124 Å². The molecule has 0 aliphatic rings. The molecular formula is C60H33N5S. The summed E-state index contributed by atoms with van der Waals surface area (Å²) in [6.07, 6.45) is 0. The van der Waals surface area contributed by atoms with Gasteiger partial charge < -0.3 is 8.97 Å². The first-order chi connectivity index (χ1) is 32.7. The number of rotatable bonds is 4. The van der Waals surface area contributed by atoms with Gasteiger partial charge in [-0.2, -0.15) is 0 Å². The van der Waals surface area contributed by atoms with Gasteiger partial charge in [0, 0.05) is 69.1 Å². The zero-order valence-corrected chi connectivity index (χ0v) is 36.0. The van der Waals surface area contributed by atoms with Crippen LogP contribution in [0.2, 0.25) is 0 Å². The molecule has 304 valence electrons. The second-order valence-corrected chi connectivity index (χ2v) is 18.8. The molecule has 0 saturated carbocycles. The van der Waals surface area contributed by atoms with Crippen LogP contribution in [0.3, 0.4) is 0 Å². The monoisotopic (exact) mass is 855 g/mol. The molecule has 0 spiro atoms.